The lowest BCUT2D eigenvalue weighted by molar-refractivity contribution is -0.119. The Labute approximate surface area is 165 Å². The molecule has 1 aliphatic heterocycles. The summed E-state index contributed by atoms with van der Waals surface area (Å²) in [5.41, 5.74) is 4.58. The standard InChI is InChI=1S/C24H25NO3/c1-3-28-22-10-5-4-7-18(22)19-15-23(27)25(17-13-11-16(2)12-14-17)20-8-6-9-21(26)24(19)20/h4-5,7,10-14,19H,3,6,8-9,15H2,1-2H3. The van der Waals surface area contributed by atoms with E-state index in [0.29, 0.717) is 13.0 Å². The molecule has 1 atom stereocenters. The number of amides is 1. The number of benzene rings is 2. The predicted molar refractivity (Wildman–Crippen MR) is 110 cm³/mol. The molecule has 1 amide bonds. The van der Waals surface area contributed by atoms with Gasteiger partial charge >= 0.3 is 0 Å². The molecule has 2 aromatic carbocycles. The van der Waals surface area contributed by atoms with Crippen LogP contribution in [0.15, 0.2) is 59.8 Å². The number of aryl methyl sites for hydroxylation is 1. The maximum absolute atomic E-state index is 13.2. The van der Waals surface area contributed by atoms with Crippen molar-refractivity contribution in [2.75, 3.05) is 11.5 Å². The number of carbonyl (C=O) groups is 2. The number of para-hydroxylation sites is 1. The van der Waals surface area contributed by atoms with E-state index in [1.807, 2.05) is 62.4 Å². The fraction of sp³-hybridized carbons (Fsp3) is 0.333. The van der Waals surface area contributed by atoms with E-state index >= 15 is 0 Å². The molecule has 0 radical (unpaired) electrons. The van der Waals surface area contributed by atoms with Gasteiger partial charge in [0, 0.05) is 41.3 Å². The number of rotatable bonds is 4. The fourth-order valence-electron chi connectivity index (χ4n) is 4.31. The van der Waals surface area contributed by atoms with Gasteiger partial charge in [0.15, 0.2) is 5.78 Å². The highest BCUT2D eigenvalue weighted by Gasteiger charge is 2.40. The summed E-state index contributed by atoms with van der Waals surface area (Å²) in [6.07, 6.45) is 2.35. The van der Waals surface area contributed by atoms with Crippen molar-refractivity contribution < 1.29 is 14.3 Å². The summed E-state index contributed by atoms with van der Waals surface area (Å²) >= 11 is 0. The maximum atomic E-state index is 13.2. The first-order chi connectivity index (χ1) is 13.6. The normalized spacial score (nSPS) is 19.6. The SMILES string of the molecule is CCOc1ccccc1C1CC(=O)N(c2ccc(C)cc2)C2=C1C(=O)CCC2. The van der Waals surface area contributed by atoms with Gasteiger partial charge in [0.2, 0.25) is 5.91 Å². The van der Waals surface area contributed by atoms with Gasteiger partial charge in [-0.2, -0.15) is 0 Å². The topological polar surface area (TPSA) is 46.6 Å². The quantitative estimate of drug-likeness (QED) is 0.762. The molecule has 144 valence electrons. The minimum absolute atomic E-state index is 0.0357. The highest BCUT2D eigenvalue weighted by Crippen LogP contribution is 2.45. The minimum Gasteiger partial charge on any atom is -0.494 e. The second-order valence-corrected chi connectivity index (χ2v) is 7.43. The molecule has 0 fully saturated rings. The number of ketones is 1. The predicted octanol–water partition coefficient (Wildman–Crippen LogP) is 4.92. The van der Waals surface area contributed by atoms with Crippen molar-refractivity contribution in [1.29, 1.82) is 0 Å². The Kier molecular flexibility index (Phi) is 5.03. The van der Waals surface area contributed by atoms with Crippen LogP contribution in [-0.2, 0) is 9.59 Å². The first kappa shape index (κ1) is 18.5. The molecule has 1 heterocycles. The highest BCUT2D eigenvalue weighted by molar-refractivity contribution is 6.07. The van der Waals surface area contributed by atoms with Crippen molar-refractivity contribution in [3.63, 3.8) is 0 Å². The molecule has 4 nitrogen and oxygen atoms in total. The molecule has 0 bridgehead atoms. The van der Waals surface area contributed by atoms with Crippen LogP contribution < -0.4 is 9.64 Å². The van der Waals surface area contributed by atoms with Crippen LogP contribution in [-0.4, -0.2) is 18.3 Å². The maximum Gasteiger partial charge on any atom is 0.232 e. The Bertz CT molecular complexity index is 943. The van der Waals surface area contributed by atoms with Crippen LogP contribution in [0.25, 0.3) is 0 Å². The number of nitrogens with zero attached hydrogens (tertiary/aromatic N) is 1. The minimum atomic E-state index is -0.236. The Hall–Kier alpha value is -2.88. The van der Waals surface area contributed by atoms with Crippen molar-refractivity contribution in [2.24, 2.45) is 0 Å². The third-order valence-electron chi connectivity index (χ3n) is 5.56. The van der Waals surface area contributed by atoms with Gasteiger partial charge in [0.05, 0.1) is 6.61 Å². The summed E-state index contributed by atoms with van der Waals surface area (Å²) in [5.74, 6) is 0.715. The molecule has 2 aliphatic rings. The number of hydrogen-bond donors (Lipinski definition) is 0. The van der Waals surface area contributed by atoms with Crippen molar-refractivity contribution in [3.8, 4) is 5.75 Å². The van der Waals surface area contributed by atoms with E-state index < -0.39 is 0 Å². The Morgan fingerprint density at radius 2 is 1.79 bits per heavy atom. The molecule has 0 saturated carbocycles. The van der Waals surface area contributed by atoms with E-state index in [9.17, 15) is 9.59 Å². The molecule has 28 heavy (non-hydrogen) atoms. The number of ether oxygens (including phenoxy) is 1. The summed E-state index contributed by atoms with van der Waals surface area (Å²) in [7, 11) is 0. The van der Waals surface area contributed by atoms with Crippen molar-refractivity contribution >= 4 is 17.4 Å². The summed E-state index contributed by atoms with van der Waals surface area (Å²) in [5, 5.41) is 0. The van der Waals surface area contributed by atoms with E-state index in [1.165, 1.54) is 0 Å². The molecule has 1 aliphatic carbocycles. The average molecular weight is 375 g/mol. The van der Waals surface area contributed by atoms with Crippen LogP contribution in [0.3, 0.4) is 0 Å². The van der Waals surface area contributed by atoms with Crippen LogP contribution in [0.2, 0.25) is 0 Å². The number of Topliss-reactive ketones (excluding diaryl/α,β-unsaturated/α-hetero) is 1. The number of allylic oxidation sites excluding steroid dienone is 2. The number of anilines is 1. The van der Waals surface area contributed by atoms with E-state index in [-0.39, 0.29) is 24.0 Å². The van der Waals surface area contributed by atoms with Crippen LogP contribution in [0, 0.1) is 6.92 Å². The Balaban J connectivity index is 1.85. The van der Waals surface area contributed by atoms with Gasteiger partial charge in [-0.1, -0.05) is 35.9 Å². The van der Waals surface area contributed by atoms with Gasteiger partial charge in [-0.3, -0.25) is 14.5 Å². The summed E-state index contributed by atoms with van der Waals surface area (Å²) in [6, 6.07) is 15.7. The van der Waals surface area contributed by atoms with Gasteiger partial charge in [0.25, 0.3) is 0 Å². The summed E-state index contributed by atoms with van der Waals surface area (Å²) < 4.78 is 5.81. The lowest BCUT2D eigenvalue weighted by Crippen LogP contribution is -2.40. The lowest BCUT2D eigenvalue weighted by Gasteiger charge is -2.38. The van der Waals surface area contributed by atoms with E-state index in [0.717, 1.165) is 46.7 Å². The first-order valence-corrected chi connectivity index (χ1v) is 9.97. The fourth-order valence-corrected chi connectivity index (χ4v) is 4.31. The van der Waals surface area contributed by atoms with Crippen LogP contribution in [0.1, 0.15) is 49.7 Å². The molecule has 4 heteroatoms. The lowest BCUT2D eigenvalue weighted by atomic mass is 9.77. The Morgan fingerprint density at radius 1 is 1.04 bits per heavy atom. The van der Waals surface area contributed by atoms with Gasteiger partial charge in [0.1, 0.15) is 5.75 Å². The Morgan fingerprint density at radius 3 is 2.54 bits per heavy atom. The molecule has 0 N–H and O–H groups in total. The largest absolute Gasteiger partial charge is 0.494 e. The van der Waals surface area contributed by atoms with Crippen LogP contribution in [0.4, 0.5) is 5.69 Å². The second-order valence-electron chi connectivity index (χ2n) is 7.43. The molecule has 0 aromatic heterocycles. The third-order valence-corrected chi connectivity index (χ3v) is 5.56. The van der Waals surface area contributed by atoms with E-state index in [4.69, 9.17) is 4.74 Å². The second kappa shape index (κ2) is 7.63. The van der Waals surface area contributed by atoms with E-state index in [2.05, 4.69) is 0 Å². The zero-order valence-corrected chi connectivity index (χ0v) is 16.4. The molecule has 4 rings (SSSR count). The van der Waals surface area contributed by atoms with Gasteiger partial charge < -0.3 is 4.74 Å². The van der Waals surface area contributed by atoms with Gasteiger partial charge in [-0.15, -0.1) is 0 Å². The van der Waals surface area contributed by atoms with Crippen molar-refractivity contribution in [3.05, 3.63) is 70.9 Å². The summed E-state index contributed by atoms with van der Waals surface area (Å²) in [4.78, 5) is 28.0. The first-order valence-electron chi connectivity index (χ1n) is 9.97. The average Bonchev–Trinajstić information content (AvgIpc) is 2.69. The molecule has 1 unspecified atom stereocenters. The number of hydrogen-bond acceptors (Lipinski definition) is 3. The highest BCUT2D eigenvalue weighted by atomic mass is 16.5. The molecular formula is C24H25NO3. The van der Waals surface area contributed by atoms with Crippen LogP contribution in [0.5, 0.6) is 5.75 Å². The molecular weight excluding hydrogens is 350 g/mol. The van der Waals surface area contributed by atoms with Crippen LogP contribution >= 0.6 is 0 Å². The molecule has 0 spiro atoms. The van der Waals surface area contributed by atoms with Crippen molar-refractivity contribution in [2.45, 2.75) is 45.4 Å². The summed E-state index contributed by atoms with van der Waals surface area (Å²) in [6.45, 7) is 4.52. The molecule has 0 saturated heterocycles. The van der Waals surface area contributed by atoms with Crippen molar-refractivity contribution in [1.82, 2.24) is 0 Å². The zero-order chi connectivity index (χ0) is 19.7. The van der Waals surface area contributed by atoms with Gasteiger partial charge in [-0.05, 0) is 44.9 Å². The van der Waals surface area contributed by atoms with Gasteiger partial charge in [-0.25, -0.2) is 0 Å². The molecule has 2 aromatic rings. The third kappa shape index (κ3) is 3.24. The smallest absolute Gasteiger partial charge is 0.232 e. The van der Waals surface area contributed by atoms with E-state index in [1.54, 1.807) is 4.90 Å². The number of carbonyl (C=O) groups excluding carboxylic acids is 2. The zero-order valence-electron chi connectivity index (χ0n) is 16.4. The monoisotopic (exact) mass is 375 g/mol.